The van der Waals surface area contributed by atoms with Crippen molar-refractivity contribution >= 4 is 45.9 Å². The second-order valence-corrected chi connectivity index (χ2v) is 12.4. The number of anilines is 4. The van der Waals surface area contributed by atoms with Crippen LogP contribution in [0.5, 0.6) is 0 Å². The van der Waals surface area contributed by atoms with Crippen LogP contribution in [0.4, 0.5) is 23.0 Å². The van der Waals surface area contributed by atoms with Gasteiger partial charge in [-0.1, -0.05) is 24.3 Å². The highest BCUT2D eigenvalue weighted by molar-refractivity contribution is 7.10. The van der Waals surface area contributed by atoms with E-state index in [9.17, 15) is 4.79 Å². The van der Waals surface area contributed by atoms with E-state index in [2.05, 4.69) is 63.8 Å². The Morgan fingerprint density at radius 2 is 1.87 bits per heavy atom. The molecule has 1 atom stereocenters. The van der Waals surface area contributed by atoms with Crippen molar-refractivity contribution in [3.8, 4) is 22.6 Å². The number of benzene rings is 2. The van der Waals surface area contributed by atoms with Gasteiger partial charge >= 0.3 is 0 Å². The van der Waals surface area contributed by atoms with E-state index in [1.807, 2.05) is 76.6 Å². The summed E-state index contributed by atoms with van der Waals surface area (Å²) >= 11 is 1.58. The van der Waals surface area contributed by atoms with Crippen molar-refractivity contribution < 1.29 is 4.79 Å². The number of carbonyl (C=O) groups excluding carboxylic acids is 1. The first kappa shape index (κ1) is 28.7. The molecule has 1 fully saturated rings. The summed E-state index contributed by atoms with van der Waals surface area (Å²) in [7, 11) is 4.30. The summed E-state index contributed by atoms with van der Waals surface area (Å²) in [5.74, 6) is 0.447. The van der Waals surface area contributed by atoms with Gasteiger partial charge in [0.05, 0.1) is 23.5 Å². The predicted molar refractivity (Wildman–Crippen MR) is 182 cm³/mol. The zero-order valence-corrected chi connectivity index (χ0v) is 26.0. The van der Waals surface area contributed by atoms with Crippen LogP contribution in [0, 0.1) is 0 Å². The van der Waals surface area contributed by atoms with Crippen LogP contribution < -0.4 is 15.5 Å². The van der Waals surface area contributed by atoms with Gasteiger partial charge in [0.25, 0.3) is 0 Å². The normalized spacial score (nSPS) is 14.7. The molecular formula is C35H34N8OS. The Balaban J connectivity index is 1.15. The molecule has 1 amide bonds. The molecule has 2 N–H and O–H groups in total. The van der Waals surface area contributed by atoms with Gasteiger partial charge in [0.15, 0.2) is 0 Å². The zero-order chi connectivity index (χ0) is 30.8. The highest BCUT2D eigenvalue weighted by atomic mass is 32.1. The third-order valence-electron chi connectivity index (χ3n) is 8.15. The number of likely N-dealkylation sites (N-methyl/N-ethyl adjacent to an activating group) is 1. The van der Waals surface area contributed by atoms with Crippen molar-refractivity contribution in [2.45, 2.75) is 18.9 Å². The van der Waals surface area contributed by atoms with E-state index >= 15 is 0 Å². The largest absolute Gasteiger partial charge is 0.370 e. The molecule has 0 bridgehead atoms. The van der Waals surface area contributed by atoms with Crippen molar-refractivity contribution in [1.29, 1.82) is 0 Å². The van der Waals surface area contributed by atoms with Crippen LogP contribution in [0.2, 0.25) is 0 Å². The first-order valence-corrected chi connectivity index (χ1v) is 15.9. The molecule has 1 saturated heterocycles. The fraction of sp³-hybridized carbons (Fsp3) is 0.200. The Kier molecular flexibility index (Phi) is 7.98. The van der Waals surface area contributed by atoms with E-state index in [1.54, 1.807) is 17.5 Å². The molecule has 1 unspecified atom stereocenters. The molecule has 1 aliphatic rings. The summed E-state index contributed by atoms with van der Waals surface area (Å²) in [6.07, 6.45) is 5.27. The lowest BCUT2D eigenvalue weighted by Crippen LogP contribution is -2.31. The number of nitrogens with zero attached hydrogens (tertiary/aromatic N) is 6. The number of imidazole rings is 1. The smallest absolute Gasteiger partial charge is 0.229 e. The summed E-state index contributed by atoms with van der Waals surface area (Å²) in [5, 5.41) is 8.40. The van der Waals surface area contributed by atoms with Crippen molar-refractivity contribution in [3.63, 3.8) is 0 Å². The van der Waals surface area contributed by atoms with Gasteiger partial charge in [-0.05, 0) is 86.6 Å². The minimum atomic E-state index is -0.0532. The first-order valence-electron chi connectivity index (χ1n) is 15.0. The number of hydrogen-bond acceptors (Lipinski definition) is 8. The molecule has 9 nitrogen and oxygen atoms in total. The molecule has 4 aromatic heterocycles. The van der Waals surface area contributed by atoms with Crippen LogP contribution in [0.25, 0.3) is 28.3 Å². The molecule has 1 aliphatic heterocycles. The lowest BCUT2D eigenvalue weighted by atomic mass is 10.1. The monoisotopic (exact) mass is 614 g/mol. The van der Waals surface area contributed by atoms with Gasteiger partial charge in [-0.2, -0.15) is 0 Å². The van der Waals surface area contributed by atoms with Gasteiger partial charge in [0, 0.05) is 59.0 Å². The Labute approximate surface area is 266 Å². The summed E-state index contributed by atoms with van der Waals surface area (Å²) in [6, 6.07) is 28.6. The Bertz CT molecular complexity index is 1930. The van der Waals surface area contributed by atoms with Gasteiger partial charge < -0.3 is 20.4 Å². The highest BCUT2D eigenvalue weighted by Crippen LogP contribution is 2.34. The number of nitrogens with one attached hydrogen (secondary N) is 2. The molecule has 7 rings (SSSR count). The van der Waals surface area contributed by atoms with Crippen LogP contribution >= 0.6 is 11.3 Å². The lowest BCUT2D eigenvalue weighted by molar-refractivity contribution is -0.115. The zero-order valence-electron chi connectivity index (χ0n) is 25.2. The topological polar surface area (TPSA) is 90.7 Å². The van der Waals surface area contributed by atoms with E-state index in [4.69, 9.17) is 9.97 Å². The third-order valence-corrected chi connectivity index (χ3v) is 9.02. The fourth-order valence-electron chi connectivity index (χ4n) is 5.80. The fourth-order valence-corrected chi connectivity index (χ4v) is 6.50. The van der Waals surface area contributed by atoms with Crippen LogP contribution in [0.15, 0.2) is 103 Å². The van der Waals surface area contributed by atoms with Crippen molar-refractivity contribution in [2.75, 3.05) is 42.7 Å². The predicted octanol–water partition coefficient (Wildman–Crippen LogP) is 6.58. The molecule has 45 heavy (non-hydrogen) atoms. The van der Waals surface area contributed by atoms with Crippen molar-refractivity contribution in [2.24, 2.45) is 0 Å². The average Bonchev–Trinajstić information content (AvgIpc) is 3.82. The summed E-state index contributed by atoms with van der Waals surface area (Å²) < 4.78 is 2.04. The van der Waals surface area contributed by atoms with Gasteiger partial charge in [-0.25, -0.2) is 15.0 Å². The number of aromatic nitrogens is 4. The standard InChI is InChI=1S/C35H34N8OS/c1-41(2)28-16-19-42(23-28)27-13-11-25(12-14-27)38-35-36-17-15-30(39-35)34-33(40-31-10-3-4-18-43(31)34)24-7-5-8-26(21-24)37-32(44)22-29-9-6-20-45-29/h3-15,17-18,20-21,28H,16,19,22-23H2,1-2H3,(H,37,44)(H,36,38,39). The molecule has 2 aromatic carbocycles. The lowest BCUT2D eigenvalue weighted by Gasteiger charge is -2.22. The number of pyridine rings is 1. The number of hydrogen-bond donors (Lipinski definition) is 2. The van der Waals surface area contributed by atoms with Crippen LogP contribution in [0.1, 0.15) is 11.3 Å². The quantitative estimate of drug-likeness (QED) is 0.190. The van der Waals surface area contributed by atoms with Crippen LogP contribution in [-0.4, -0.2) is 63.4 Å². The van der Waals surface area contributed by atoms with E-state index in [0.717, 1.165) is 57.6 Å². The number of carbonyl (C=O) groups is 1. The summed E-state index contributed by atoms with van der Waals surface area (Å²) in [6.45, 7) is 2.10. The van der Waals surface area contributed by atoms with Crippen LogP contribution in [-0.2, 0) is 11.2 Å². The van der Waals surface area contributed by atoms with E-state index in [-0.39, 0.29) is 5.91 Å². The number of rotatable bonds is 9. The van der Waals surface area contributed by atoms with E-state index in [0.29, 0.717) is 18.4 Å². The SMILES string of the molecule is CN(C)C1CCN(c2ccc(Nc3nccc(-c4c(-c5cccc(NC(=O)Cc6cccs6)c5)nc5ccccn45)n3)cc2)C1. The molecule has 226 valence electrons. The minimum absolute atomic E-state index is 0.0532. The maximum atomic E-state index is 12.7. The molecule has 5 heterocycles. The molecular weight excluding hydrogens is 581 g/mol. The summed E-state index contributed by atoms with van der Waals surface area (Å²) in [5.41, 5.74) is 6.89. The molecule has 6 aromatic rings. The third kappa shape index (κ3) is 6.29. The Morgan fingerprint density at radius 1 is 0.978 bits per heavy atom. The van der Waals surface area contributed by atoms with E-state index < -0.39 is 0 Å². The molecule has 10 heteroatoms. The van der Waals surface area contributed by atoms with Gasteiger partial charge in [0.2, 0.25) is 11.9 Å². The molecule has 0 spiro atoms. The Hall–Kier alpha value is -5.06. The first-order chi connectivity index (χ1) is 22.0. The van der Waals surface area contributed by atoms with E-state index in [1.165, 1.54) is 12.1 Å². The number of fused-ring (bicyclic) bond motifs is 1. The minimum Gasteiger partial charge on any atom is -0.370 e. The van der Waals surface area contributed by atoms with Gasteiger partial charge in [-0.15, -0.1) is 11.3 Å². The molecule has 0 aliphatic carbocycles. The number of amides is 1. The second-order valence-electron chi connectivity index (χ2n) is 11.4. The summed E-state index contributed by atoms with van der Waals surface area (Å²) in [4.78, 5) is 32.9. The van der Waals surface area contributed by atoms with Crippen LogP contribution in [0.3, 0.4) is 0 Å². The van der Waals surface area contributed by atoms with Crippen molar-refractivity contribution in [1.82, 2.24) is 24.3 Å². The van der Waals surface area contributed by atoms with Gasteiger partial charge in [0.1, 0.15) is 5.65 Å². The molecule has 0 saturated carbocycles. The Morgan fingerprint density at radius 3 is 2.67 bits per heavy atom. The molecule has 0 radical (unpaired) electrons. The maximum Gasteiger partial charge on any atom is 0.229 e. The average molecular weight is 615 g/mol. The maximum absolute atomic E-state index is 12.7. The van der Waals surface area contributed by atoms with Crippen molar-refractivity contribution in [3.05, 3.63) is 108 Å². The highest BCUT2D eigenvalue weighted by Gasteiger charge is 2.24. The second kappa shape index (κ2) is 12.5. The van der Waals surface area contributed by atoms with Gasteiger partial charge in [-0.3, -0.25) is 9.20 Å². The number of thiophene rings is 1.